The lowest BCUT2D eigenvalue weighted by Gasteiger charge is -2.19. The molecule has 0 saturated heterocycles. The molecule has 1 aliphatic carbocycles. The second-order valence-electron chi connectivity index (χ2n) is 3.62. The van der Waals surface area contributed by atoms with Crippen molar-refractivity contribution in [3.8, 4) is 0 Å². The standard InChI is InChI=1S/C10H19NO/c12-9-8-11-10-6-4-2-1-3-5-7-10/h9-11H,1-8H2. The second kappa shape index (κ2) is 6.18. The van der Waals surface area contributed by atoms with Crippen molar-refractivity contribution < 1.29 is 4.79 Å². The van der Waals surface area contributed by atoms with E-state index < -0.39 is 0 Å². The molecule has 1 fully saturated rings. The highest BCUT2D eigenvalue weighted by Crippen LogP contribution is 2.16. The molecule has 0 bridgehead atoms. The largest absolute Gasteiger partial charge is 0.307 e. The molecule has 0 atom stereocenters. The Bertz CT molecular complexity index is 117. The third kappa shape index (κ3) is 3.86. The van der Waals surface area contributed by atoms with Crippen molar-refractivity contribution in [1.82, 2.24) is 5.32 Å². The van der Waals surface area contributed by atoms with E-state index >= 15 is 0 Å². The maximum Gasteiger partial charge on any atom is 0.133 e. The van der Waals surface area contributed by atoms with Crippen LogP contribution in [0.4, 0.5) is 0 Å². The second-order valence-corrected chi connectivity index (χ2v) is 3.62. The fourth-order valence-electron chi connectivity index (χ4n) is 1.88. The minimum Gasteiger partial charge on any atom is -0.307 e. The molecule has 0 amide bonds. The minimum atomic E-state index is 0.532. The molecule has 1 rings (SSSR count). The summed E-state index contributed by atoms with van der Waals surface area (Å²) in [5, 5.41) is 3.27. The molecule has 0 aromatic carbocycles. The molecule has 2 heteroatoms. The highest BCUT2D eigenvalue weighted by atomic mass is 16.1. The average Bonchev–Trinajstić information content (AvgIpc) is 2.02. The van der Waals surface area contributed by atoms with Crippen LogP contribution in [0.15, 0.2) is 0 Å². The van der Waals surface area contributed by atoms with Gasteiger partial charge in [0.25, 0.3) is 0 Å². The van der Waals surface area contributed by atoms with Gasteiger partial charge in [0.1, 0.15) is 6.29 Å². The summed E-state index contributed by atoms with van der Waals surface area (Å²) in [7, 11) is 0. The van der Waals surface area contributed by atoms with Crippen LogP contribution in [0, 0.1) is 0 Å². The Morgan fingerprint density at radius 3 is 2.25 bits per heavy atom. The first-order valence-electron chi connectivity index (χ1n) is 5.10. The Morgan fingerprint density at radius 2 is 1.67 bits per heavy atom. The lowest BCUT2D eigenvalue weighted by Crippen LogP contribution is -2.31. The molecular weight excluding hydrogens is 150 g/mol. The van der Waals surface area contributed by atoms with Gasteiger partial charge in [0.15, 0.2) is 0 Å². The Labute approximate surface area is 74.7 Å². The van der Waals surface area contributed by atoms with Crippen molar-refractivity contribution in [1.29, 1.82) is 0 Å². The monoisotopic (exact) mass is 169 g/mol. The van der Waals surface area contributed by atoms with Crippen LogP contribution in [0.25, 0.3) is 0 Å². The molecule has 0 aliphatic heterocycles. The van der Waals surface area contributed by atoms with Gasteiger partial charge in [0.05, 0.1) is 6.54 Å². The number of rotatable bonds is 3. The fourth-order valence-corrected chi connectivity index (χ4v) is 1.88. The van der Waals surface area contributed by atoms with Crippen LogP contribution in [0.2, 0.25) is 0 Å². The van der Waals surface area contributed by atoms with Crippen LogP contribution in [-0.4, -0.2) is 18.9 Å². The van der Waals surface area contributed by atoms with Gasteiger partial charge in [-0.05, 0) is 12.8 Å². The number of hydrogen-bond donors (Lipinski definition) is 1. The summed E-state index contributed by atoms with van der Waals surface area (Å²) >= 11 is 0. The topological polar surface area (TPSA) is 29.1 Å². The van der Waals surface area contributed by atoms with E-state index in [0.717, 1.165) is 6.29 Å². The molecule has 2 nitrogen and oxygen atoms in total. The molecule has 0 unspecified atom stereocenters. The Kier molecular flexibility index (Phi) is 5.00. The number of aldehydes is 1. The van der Waals surface area contributed by atoms with Crippen molar-refractivity contribution in [2.24, 2.45) is 0 Å². The average molecular weight is 169 g/mol. The van der Waals surface area contributed by atoms with E-state index in [4.69, 9.17) is 0 Å². The molecular formula is C10H19NO. The van der Waals surface area contributed by atoms with E-state index in [1.165, 1.54) is 44.9 Å². The van der Waals surface area contributed by atoms with Gasteiger partial charge in [-0.25, -0.2) is 0 Å². The van der Waals surface area contributed by atoms with Crippen LogP contribution in [0.3, 0.4) is 0 Å². The number of carbonyl (C=O) groups is 1. The fraction of sp³-hybridized carbons (Fsp3) is 0.900. The van der Waals surface area contributed by atoms with E-state index in [0.29, 0.717) is 12.6 Å². The summed E-state index contributed by atoms with van der Waals surface area (Å²) in [6.45, 7) is 0.532. The SMILES string of the molecule is O=CCNC1CCCCCCC1. The van der Waals surface area contributed by atoms with Crippen LogP contribution in [-0.2, 0) is 4.79 Å². The molecule has 70 valence electrons. The van der Waals surface area contributed by atoms with E-state index in [2.05, 4.69) is 5.32 Å². The maximum absolute atomic E-state index is 10.1. The van der Waals surface area contributed by atoms with E-state index in [1.807, 2.05) is 0 Å². The lowest BCUT2D eigenvalue weighted by molar-refractivity contribution is -0.107. The molecule has 1 saturated carbocycles. The van der Waals surface area contributed by atoms with E-state index in [1.54, 1.807) is 0 Å². The molecule has 1 N–H and O–H groups in total. The first-order chi connectivity index (χ1) is 5.93. The number of nitrogens with one attached hydrogen (secondary N) is 1. The number of hydrogen-bond acceptors (Lipinski definition) is 2. The maximum atomic E-state index is 10.1. The quantitative estimate of drug-likeness (QED) is 0.654. The molecule has 0 radical (unpaired) electrons. The van der Waals surface area contributed by atoms with Crippen LogP contribution in [0.1, 0.15) is 44.9 Å². The zero-order valence-corrected chi connectivity index (χ0v) is 7.72. The van der Waals surface area contributed by atoms with Crippen molar-refractivity contribution in [2.45, 2.75) is 51.0 Å². The van der Waals surface area contributed by atoms with Crippen LogP contribution >= 0.6 is 0 Å². The summed E-state index contributed by atoms with van der Waals surface area (Å²) in [6, 6.07) is 0.607. The highest BCUT2D eigenvalue weighted by Gasteiger charge is 2.09. The molecule has 1 aliphatic rings. The van der Waals surface area contributed by atoms with Gasteiger partial charge in [-0.1, -0.05) is 32.1 Å². The van der Waals surface area contributed by atoms with E-state index in [-0.39, 0.29) is 0 Å². The van der Waals surface area contributed by atoms with Gasteiger partial charge in [-0.3, -0.25) is 0 Å². The zero-order valence-electron chi connectivity index (χ0n) is 7.72. The Morgan fingerprint density at radius 1 is 1.08 bits per heavy atom. The normalized spacial score (nSPS) is 21.3. The predicted octanol–water partition coefficient (Wildman–Crippen LogP) is 1.89. The molecule has 12 heavy (non-hydrogen) atoms. The molecule has 0 spiro atoms. The predicted molar refractivity (Wildman–Crippen MR) is 50.2 cm³/mol. The first kappa shape index (κ1) is 9.72. The molecule has 0 aromatic rings. The summed E-state index contributed by atoms with van der Waals surface area (Å²) in [4.78, 5) is 10.1. The summed E-state index contributed by atoms with van der Waals surface area (Å²) in [6.07, 6.45) is 10.3. The van der Waals surface area contributed by atoms with Crippen molar-refractivity contribution in [2.75, 3.05) is 6.54 Å². The molecule has 0 aromatic heterocycles. The van der Waals surface area contributed by atoms with Gasteiger partial charge < -0.3 is 10.1 Å². The van der Waals surface area contributed by atoms with Crippen molar-refractivity contribution in [3.63, 3.8) is 0 Å². The third-order valence-electron chi connectivity index (χ3n) is 2.60. The van der Waals surface area contributed by atoms with Gasteiger partial charge >= 0.3 is 0 Å². The Balaban J connectivity index is 2.15. The lowest BCUT2D eigenvalue weighted by atomic mass is 9.97. The Hall–Kier alpha value is -0.370. The van der Waals surface area contributed by atoms with Crippen molar-refractivity contribution >= 4 is 6.29 Å². The van der Waals surface area contributed by atoms with Crippen LogP contribution < -0.4 is 5.32 Å². The van der Waals surface area contributed by atoms with Crippen molar-refractivity contribution in [3.05, 3.63) is 0 Å². The summed E-state index contributed by atoms with van der Waals surface area (Å²) in [5.41, 5.74) is 0. The summed E-state index contributed by atoms with van der Waals surface area (Å²) < 4.78 is 0. The first-order valence-corrected chi connectivity index (χ1v) is 5.10. The smallest absolute Gasteiger partial charge is 0.133 e. The van der Waals surface area contributed by atoms with Gasteiger partial charge in [-0.2, -0.15) is 0 Å². The third-order valence-corrected chi connectivity index (χ3v) is 2.60. The van der Waals surface area contributed by atoms with Crippen LogP contribution in [0.5, 0.6) is 0 Å². The zero-order chi connectivity index (χ0) is 8.65. The van der Waals surface area contributed by atoms with Gasteiger partial charge in [-0.15, -0.1) is 0 Å². The highest BCUT2D eigenvalue weighted by molar-refractivity contribution is 5.51. The minimum absolute atomic E-state index is 0.532. The van der Waals surface area contributed by atoms with E-state index in [9.17, 15) is 4.79 Å². The van der Waals surface area contributed by atoms with Gasteiger partial charge in [0, 0.05) is 6.04 Å². The number of carbonyl (C=O) groups excluding carboxylic acids is 1. The molecule has 0 heterocycles. The van der Waals surface area contributed by atoms with Gasteiger partial charge in [0.2, 0.25) is 0 Å². The summed E-state index contributed by atoms with van der Waals surface area (Å²) in [5.74, 6) is 0.